The first-order valence-electron chi connectivity index (χ1n) is 6.78. The second-order valence-corrected chi connectivity index (χ2v) is 5.96. The van der Waals surface area contributed by atoms with Crippen LogP contribution in [-0.2, 0) is 10.7 Å². The van der Waals surface area contributed by atoms with Crippen molar-refractivity contribution in [3.8, 4) is 5.75 Å². The van der Waals surface area contributed by atoms with E-state index in [-0.39, 0.29) is 12.0 Å². The highest BCUT2D eigenvalue weighted by atomic mass is 79.9. The van der Waals surface area contributed by atoms with Crippen LogP contribution in [0.1, 0.15) is 38.7 Å². The van der Waals surface area contributed by atoms with Crippen molar-refractivity contribution in [2.75, 3.05) is 6.61 Å². The van der Waals surface area contributed by atoms with Gasteiger partial charge in [-0.3, -0.25) is 4.79 Å². The summed E-state index contributed by atoms with van der Waals surface area (Å²) in [6.07, 6.45) is 0.0619. The minimum atomic E-state index is -3.07. The van der Waals surface area contributed by atoms with Gasteiger partial charge < -0.3 is 9.84 Å². The molecular weight excluding hydrogens is 346 g/mol. The van der Waals surface area contributed by atoms with Crippen LogP contribution in [0.15, 0.2) is 22.7 Å². The van der Waals surface area contributed by atoms with Crippen molar-refractivity contribution in [1.29, 1.82) is 0 Å². The summed E-state index contributed by atoms with van der Waals surface area (Å²) in [7, 11) is 0. The molecule has 0 saturated carbocycles. The average molecular weight is 365 g/mol. The summed E-state index contributed by atoms with van der Waals surface area (Å²) in [6.45, 7) is 3.99. The van der Waals surface area contributed by atoms with E-state index in [4.69, 9.17) is 9.84 Å². The highest BCUT2D eigenvalue weighted by molar-refractivity contribution is 9.10. The molecule has 0 fully saturated rings. The first-order chi connectivity index (χ1) is 9.76. The highest BCUT2D eigenvalue weighted by Gasteiger charge is 2.34. The van der Waals surface area contributed by atoms with E-state index in [0.29, 0.717) is 16.8 Å². The van der Waals surface area contributed by atoms with Crippen LogP contribution in [0.25, 0.3) is 0 Å². The van der Waals surface area contributed by atoms with Gasteiger partial charge in [0.05, 0.1) is 11.1 Å². The molecule has 1 unspecified atom stereocenters. The monoisotopic (exact) mass is 364 g/mol. The van der Waals surface area contributed by atoms with E-state index in [1.807, 2.05) is 6.92 Å². The van der Waals surface area contributed by atoms with Gasteiger partial charge in [0.15, 0.2) is 0 Å². The number of carboxylic acid groups (broad SMARTS) is 1. The Bertz CT molecular complexity index is 492. The van der Waals surface area contributed by atoms with E-state index >= 15 is 0 Å². The number of rotatable bonds is 8. The molecule has 3 nitrogen and oxygen atoms in total. The number of carboxylic acids is 1. The van der Waals surface area contributed by atoms with Gasteiger partial charge in [-0.25, -0.2) is 8.78 Å². The average Bonchev–Trinajstić information content (AvgIpc) is 2.35. The standard InChI is InChI=1S/C15H19BrF2O3/c1-3-6-21-13-5-4-11(8-12(13)16)15(17,18)9-10(2)7-14(19)20/h4-5,8,10H,3,6-7,9H2,1-2H3,(H,19,20). The van der Waals surface area contributed by atoms with Crippen LogP contribution < -0.4 is 4.74 Å². The molecule has 0 saturated heterocycles. The van der Waals surface area contributed by atoms with Crippen molar-refractivity contribution in [3.05, 3.63) is 28.2 Å². The first-order valence-corrected chi connectivity index (χ1v) is 7.58. The van der Waals surface area contributed by atoms with E-state index < -0.39 is 24.2 Å². The highest BCUT2D eigenvalue weighted by Crippen LogP contribution is 2.38. The van der Waals surface area contributed by atoms with Crippen LogP contribution in [0.4, 0.5) is 8.78 Å². The molecule has 1 atom stereocenters. The molecule has 118 valence electrons. The third-order valence-corrected chi connectivity index (χ3v) is 3.56. The number of hydrogen-bond acceptors (Lipinski definition) is 2. The van der Waals surface area contributed by atoms with Gasteiger partial charge in [0.25, 0.3) is 5.92 Å². The molecule has 0 radical (unpaired) electrons. The number of aliphatic carboxylic acids is 1. The zero-order valence-electron chi connectivity index (χ0n) is 12.0. The zero-order chi connectivity index (χ0) is 16.0. The lowest BCUT2D eigenvalue weighted by atomic mass is 9.95. The van der Waals surface area contributed by atoms with Crippen LogP contribution in [0.3, 0.4) is 0 Å². The molecule has 0 heterocycles. The summed E-state index contributed by atoms with van der Waals surface area (Å²) in [4.78, 5) is 10.6. The Kier molecular flexibility index (Phi) is 6.58. The Hall–Kier alpha value is -1.17. The molecule has 1 aromatic carbocycles. The van der Waals surface area contributed by atoms with Crippen LogP contribution in [-0.4, -0.2) is 17.7 Å². The number of carbonyl (C=O) groups is 1. The van der Waals surface area contributed by atoms with Crippen molar-refractivity contribution in [2.24, 2.45) is 5.92 Å². The maximum Gasteiger partial charge on any atom is 0.303 e. The lowest BCUT2D eigenvalue weighted by molar-refractivity contribution is -0.138. The van der Waals surface area contributed by atoms with Gasteiger partial charge in [-0.1, -0.05) is 13.8 Å². The van der Waals surface area contributed by atoms with Gasteiger partial charge in [0.2, 0.25) is 0 Å². The largest absolute Gasteiger partial charge is 0.492 e. The van der Waals surface area contributed by atoms with E-state index in [1.54, 1.807) is 0 Å². The summed E-state index contributed by atoms with van der Waals surface area (Å²) in [5, 5.41) is 8.65. The normalized spacial score (nSPS) is 13.0. The first kappa shape index (κ1) is 17.9. The van der Waals surface area contributed by atoms with Gasteiger partial charge >= 0.3 is 5.97 Å². The summed E-state index contributed by atoms with van der Waals surface area (Å²) < 4.78 is 34.2. The summed E-state index contributed by atoms with van der Waals surface area (Å²) in [5.74, 6) is -4.22. The zero-order valence-corrected chi connectivity index (χ0v) is 13.6. The maximum absolute atomic E-state index is 14.2. The van der Waals surface area contributed by atoms with Crippen LogP contribution in [0, 0.1) is 5.92 Å². The van der Waals surface area contributed by atoms with Gasteiger partial charge in [0, 0.05) is 18.4 Å². The predicted molar refractivity (Wildman–Crippen MR) is 79.9 cm³/mol. The fraction of sp³-hybridized carbons (Fsp3) is 0.533. The molecule has 0 aromatic heterocycles. The summed E-state index contributed by atoms with van der Waals surface area (Å²) >= 11 is 3.22. The fourth-order valence-corrected chi connectivity index (χ4v) is 2.48. The van der Waals surface area contributed by atoms with Crippen LogP contribution in [0.5, 0.6) is 5.75 Å². The number of hydrogen-bond donors (Lipinski definition) is 1. The molecule has 21 heavy (non-hydrogen) atoms. The van der Waals surface area contributed by atoms with E-state index in [0.717, 1.165) is 6.42 Å². The van der Waals surface area contributed by atoms with Crippen LogP contribution in [0.2, 0.25) is 0 Å². The van der Waals surface area contributed by atoms with E-state index in [2.05, 4.69) is 15.9 Å². The second kappa shape index (κ2) is 7.73. The van der Waals surface area contributed by atoms with Crippen molar-refractivity contribution in [1.82, 2.24) is 0 Å². The van der Waals surface area contributed by atoms with Gasteiger partial charge in [-0.2, -0.15) is 0 Å². The Morgan fingerprint density at radius 1 is 1.48 bits per heavy atom. The Morgan fingerprint density at radius 3 is 2.67 bits per heavy atom. The smallest absolute Gasteiger partial charge is 0.303 e. The maximum atomic E-state index is 14.2. The molecular formula is C15H19BrF2O3. The number of benzene rings is 1. The third-order valence-electron chi connectivity index (χ3n) is 2.94. The fourth-order valence-electron chi connectivity index (χ4n) is 1.98. The molecule has 0 aliphatic rings. The Labute approximate surface area is 131 Å². The Balaban J connectivity index is 2.83. The van der Waals surface area contributed by atoms with Gasteiger partial charge in [-0.05, 0) is 46.5 Å². The van der Waals surface area contributed by atoms with E-state index in [1.165, 1.54) is 25.1 Å². The van der Waals surface area contributed by atoms with Gasteiger partial charge in [-0.15, -0.1) is 0 Å². The second-order valence-electron chi connectivity index (χ2n) is 5.11. The molecule has 1 aromatic rings. The molecule has 0 aliphatic carbocycles. The minimum absolute atomic E-state index is 0.143. The van der Waals surface area contributed by atoms with Gasteiger partial charge in [0.1, 0.15) is 5.75 Å². The minimum Gasteiger partial charge on any atom is -0.492 e. The van der Waals surface area contributed by atoms with Crippen LogP contribution >= 0.6 is 15.9 Å². The molecule has 1 N–H and O–H groups in total. The topological polar surface area (TPSA) is 46.5 Å². The van der Waals surface area contributed by atoms with E-state index in [9.17, 15) is 13.6 Å². The number of halogens is 3. The molecule has 0 amide bonds. The Morgan fingerprint density at radius 2 is 2.14 bits per heavy atom. The SMILES string of the molecule is CCCOc1ccc(C(F)(F)CC(C)CC(=O)O)cc1Br. The molecule has 0 aliphatic heterocycles. The van der Waals surface area contributed by atoms with Crippen molar-refractivity contribution < 1.29 is 23.4 Å². The molecule has 1 rings (SSSR count). The lowest BCUT2D eigenvalue weighted by Gasteiger charge is -2.21. The van der Waals surface area contributed by atoms with Crippen molar-refractivity contribution in [2.45, 2.75) is 39.0 Å². The third kappa shape index (κ3) is 5.61. The molecule has 0 spiro atoms. The predicted octanol–water partition coefficient (Wildman–Crippen LogP) is 4.83. The quantitative estimate of drug-likeness (QED) is 0.718. The summed E-state index contributed by atoms with van der Waals surface area (Å²) in [6, 6.07) is 4.16. The van der Waals surface area contributed by atoms with Crippen molar-refractivity contribution in [3.63, 3.8) is 0 Å². The summed E-state index contributed by atoms with van der Waals surface area (Å²) in [5.41, 5.74) is -0.143. The molecule has 6 heteroatoms. The number of alkyl halides is 2. The number of ether oxygens (including phenoxy) is 1. The molecule has 0 bridgehead atoms. The lowest BCUT2D eigenvalue weighted by Crippen LogP contribution is -2.19. The van der Waals surface area contributed by atoms with Crippen molar-refractivity contribution >= 4 is 21.9 Å².